The van der Waals surface area contributed by atoms with Gasteiger partial charge in [0.2, 0.25) is 0 Å². The zero-order chi connectivity index (χ0) is 7.40. The van der Waals surface area contributed by atoms with Crippen LogP contribution in [0.25, 0.3) is 0 Å². The predicted octanol–water partition coefficient (Wildman–Crippen LogP) is 0.435. The van der Waals surface area contributed by atoms with Crippen molar-refractivity contribution in [2.45, 2.75) is 6.29 Å². The van der Waals surface area contributed by atoms with Gasteiger partial charge in [0.15, 0.2) is 6.29 Å². The highest BCUT2D eigenvalue weighted by atomic mass is 16.7. The van der Waals surface area contributed by atoms with E-state index in [-0.39, 0.29) is 6.29 Å². The van der Waals surface area contributed by atoms with Crippen molar-refractivity contribution in [3.8, 4) is 0 Å². The van der Waals surface area contributed by atoms with Crippen LogP contribution in [0.2, 0.25) is 0 Å². The molecule has 0 N–H and O–H groups in total. The molecule has 3 nitrogen and oxygen atoms in total. The van der Waals surface area contributed by atoms with Gasteiger partial charge >= 0.3 is 0 Å². The van der Waals surface area contributed by atoms with E-state index in [4.69, 9.17) is 9.47 Å². The summed E-state index contributed by atoms with van der Waals surface area (Å²) in [6.45, 7) is 1.42. The monoisotopic (exact) mass is 143 g/mol. The van der Waals surface area contributed by atoms with Crippen LogP contribution in [0.4, 0.5) is 0 Å². The van der Waals surface area contributed by atoms with Crippen molar-refractivity contribution in [2.24, 2.45) is 0 Å². The van der Waals surface area contributed by atoms with Crippen LogP contribution < -0.4 is 0 Å². The van der Waals surface area contributed by atoms with Crippen LogP contribution in [-0.4, -0.2) is 38.5 Å². The normalized spacial score (nSPS) is 20.6. The molecular formula is C7H13NO2. The summed E-state index contributed by atoms with van der Waals surface area (Å²) in [6.07, 6.45) is 3.70. The van der Waals surface area contributed by atoms with Gasteiger partial charge in [-0.1, -0.05) is 0 Å². The molecule has 0 aromatic rings. The highest BCUT2D eigenvalue weighted by Crippen LogP contribution is 2.04. The molecule has 0 bridgehead atoms. The molecule has 0 spiro atoms. The molecule has 0 amide bonds. The van der Waals surface area contributed by atoms with Crippen molar-refractivity contribution >= 4 is 0 Å². The fourth-order valence-electron chi connectivity index (χ4n) is 0.730. The zero-order valence-electron chi connectivity index (χ0n) is 6.41. The lowest BCUT2D eigenvalue weighted by atomic mass is 10.6. The van der Waals surface area contributed by atoms with Crippen LogP contribution in [0.15, 0.2) is 12.3 Å². The topological polar surface area (TPSA) is 21.7 Å². The fraction of sp³-hybridized carbons (Fsp3) is 0.714. The number of hydrogen-bond acceptors (Lipinski definition) is 3. The van der Waals surface area contributed by atoms with Crippen molar-refractivity contribution in [3.05, 3.63) is 12.3 Å². The third-order valence-corrected chi connectivity index (χ3v) is 1.19. The minimum atomic E-state index is -0.123. The van der Waals surface area contributed by atoms with E-state index in [2.05, 4.69) is 0 Å². The van der Waals surface area contributed by atoms with Gasteiger partial charge in [-0.25, -0.2) is 0 Å². The van der Waals surface area contributed by atoms with Crippen molar-refractivity contribution in [3.63, 3.8) is 0 Å². The van der Waals surface area contributed by atoms with E-state index in [0.717, 1.165) is 0 Å². The van der Waals surface area contributed by atoms with Crippen LogP contribution in [-0.2, 0) is 9.47 Å². The molecule has 0 aromatic heterocycles. The summed E-state index contributed by atoms with van der Waals surface area (Å²) in [5, 5.41) is 0. The lowest BCUT2D eigenvalue weighted by molar-refractivity contribution is -0.00227. The third-order valence-electron chi connectivity index (χ3n) is 1.19. The molecule has 1 aliphatic rings. The molecule has 58 valence electrons. The Bertz CT molecular complexity index is 117. The molecule has 0 radical (unpaired) electrons. The molecule has 1 fully saturated rings. The first-order valence-corrected chi connectivity index (χ1v) is 3.37. The standard InChI is InChI=1S/C7H13NO2/c1-8(2)4-3-7-9-5-6-10-7/h3-4,7H,5-6H2,1-2H3/b4-3+. The Morgan fingerprint density at radius 1 is 1.30 bits per heavy atom. The van der Waals surface area contributed by atoms with E-state index in [1.54, 1.807) is 0 Å². The maximum Gasteiger partial charge on any atom is 0.178 e. The van der Waals surface area contributed by atoms with Gasteiger partial charge in [0.1, 0.15) is 0 Å². The average molecular weight is 143 g/mol. The maximum atomic E-state index is 5.17. The fourth-order valence-corrected chi connectivity index (χ4v) is 0.730. The quantitative estimate of drug-likeness (QED) is 0.559. The van der Waals surface area contributed by atoms with Crippen LogP contribution in [0.3, 0.4) is 0 Å². The Balaban J connectivity index is 2.23. The lowest BCUT2D eigenvalue weighted by Gasteiger charge is -2.06. The van der Waals surface area contributed by atoms with Gasteiger partial charge in [0, 0.05) is 14.1 Å². The predicted molar refractivity (Wildman–Crippen MR) is 38.5 cm³/mol. The van der Waals surface area contributed by atoms with E-state index in [0.29, 0.717) is 13.2 Å². The minimum absolute atomic E-state index is 0.123. The largest absolute Gasteiger partial charge is 0.384 e. The molecule has 1 saturated heterocycles. The first-order valence-electron chi connectivity index (χ1n) is 3.37. The second-order valence-electron chi connectivity index (χ2n) is 2.42. The van der Waals surface area contributed by atoms with E-state index in [9.17, 15) is 0 Å². The highest BCUT2D eigenvalue weighted by molar-refractivity contribution is 4.84. The maximum absolute atomic E-state index is 5.17. The van der Waals surface area contributed by atoms with Crippen molar-refractivity contribution in [1.29, 1.82) is 0 Å². The summed E-state index contributed by atoms with van der Waals surface area (Å²) in [6, 6.07) is 0. The van der Waals surface area contributed by atoms with Gasteiger partial charge in [0.05, 0.1) is 13.2 Å². The van der Waals surface area contributed by atoms with E-state index in [1.165, 1.54) is 0 Å². The van der Waals surface area contributed by atoms with Gasteiger partial charge in [-0.2, -0.15) is 0 Å². The SMILES string of the molecule is CN(C)/C=C/C1OCCO1. The second kappa shape index (κ2) is 3.58. The number of nitrogens with zero attached hydrogens (tertiary/aromatic N) is 1. The number of ether oxygens (including phenoxy) is 2. The van der Waals surface area contributed by atoms with Crippen LogP contribution in [0, 0.1) is 0 Å². The Morgan fingerprint density at radius 2 is 1.90 bits per heavy atom. The Hall–Kier alpha value is -0.540. The van der Waals surface area contributed by atoms with E-state index < -0.39 is 0 Å². The summed E-state index contributed by atoms with van der Waals surface area (Å²) in [7, 11) is 3.93. The van der Waals surface area contributed by atoms with E-state index in [1.807, 2.05) is 31.3 Å². The van der Waals surface area contributed by atoms with Gasteiger partial charge in [0.25, 0.3) is 0 Å². The van der Waals surface area contributed by atoms with Gasteiger partial charge in [-0.3, -0.25) is 0 Å². The molecule has 3 heteroatoms. The van der Waals surface area contributed by atoms with Crippen molar-refractivity contribution in [1.82, 2.24) is 4.90 Å². The third kappa shape index (κ3) is 2.37. The molecule has 0 aromatic carbocycles. The highest BCUT2D eigenvalue weighted by Gasteiger charge is 2.11. The molecule has 0 saturated carbocycles. The molecule has 0 atom stereocenters. The Labute approximate surface area is 61.2 Å². The molecule has 1 aliphatic heterocycles. The van der Waals surface area contributed by atoms with Crippen LogP contribution in [0.5, 0.6) is 0 Å². The van der Waals surface area contributed by atoms with Crippen molar-refractivity contribution < 1.29 is 9.47 Å². The summed E-state index contributed by atoms with van der Waals surface area (Å²) in [5.41, 5.74) is 0. The van der Waals surface area contributed by atoms with Crippen LogP contribution >= 0.6 is 0 Å². The Kier molecular flexibility index (Phi) is 2.71. The molecule has 0 aliphatic carbocycles. The first kappa shape index (κ1) is 7.57. The van der Waals surface area contributed by atoms with Crippen LogP contribution in [0.1, 0.15) is 0 Å². The number of hydrogen-bond donors (Lipinski definition) is 0. The summed E-state index contributed by atoms with van der Waals surface area (Å²) in [5.74, 6) is 0. The second-order valence-corrected chi connectivity index (χ2v) is 2.42. The van der Waals surface area contributed by atoms with Gasteiger partial charge in [-0.05, 0) is 12.3 Å². The van der Waals surface area contributed by atoms with Crippen molar-refractivity contribution in [2.75, 3.05) is 27.3 Å². The molecular weight excluding hydrogens is 130 g/mol. The summed E-state index contributed by atoms with van der Waals surface area (Å²) >= 11 is 0. The molecule has 0 unspecified atom stereocenters. The summed E-state index contributed by atoms with van der Waals surface area (Å²) in [4.78, 5) is 1.95. The minimum Gasteiger partial charge on any atom is -0.384 e. The molecule has 1 heterocycles. The van der Waals surface area contributed by atoms with Gasteiger partial charge in [-0.15, -0.1) is 0 Å². The van der Waals surface area contributed by atoms with Gasteiger partial charge < -0.3 is 14.4 Å². The molecule has 10 heavy (non-hydrogen) atoms. The zero-order valence-corrected chi connectivity index (χ0v) is 6.41. The Morgan fingerprint density at radius 3 is 2.40 bits per heavy atom. The van der Waals surface area contributed by atoms with E-state index >= 15 is 0 Å². The lowest BCUT2D eigenvalue weighted by Crippen LogP contribution is -2.07. The average Bonchev–Trinajstić information content (AvgIpc) is 2.34. The smallest absolute Gasteiger partial charge is 0.178 e. The number of rotatable bonds is 2. The molecule has 1 rings (SSSR count). The summed E-state index contributed by atoms with van der Waals surface area (Å²) < 4.78 is 10.3. The first-order chi connectivity index (χ1) is 4.79.